The van der Waals surface area contributed by atoms with E-state index >= 15 is 0 Å². The number of phenolic OH excluding ortho intramolecular Hbond substituents is 1. The Bertz CT molecular complexity index is 596. The molecule has 1 amide bonds. The van der Waals surface area contributed by atoms with Gasteiger partial charge in [0.15, 0.2) is 0 Å². The maximum Gasteiger partial charge on any atom is 0.258 e. The van der Waals surface area contributed by atoms with Crippen molar-refractivity contribution in [3.05, 3.63) is 59.4 Å². The van der Waals surface area contributed by atoms with Crippen LogP contribution in [0.5, 0.6) is 5.75 Å². The fourth-order valence-electron chi connectivity index (χ4n) is 1.59. The minimum absolute atomic E-state index is 0.0433. The Balaban J connectivity index is 2.28. The van der Waals surface area contributed by atoms with Gasteiger partial charge in [0.25, 0.3) is 5.91 Å². The molecule has 0 aliphatic heterocycles. The first-order valence-electron chi connectivity index (χ1n) is 5.44. The van der Waals surface area contributed by atoms with Crippen LogP contribution in [-0.4, -0.2) is 11.0 Å². The Morgan fingerprint density at radius 3 is 2.61 bits per heavy atom. The lowest BCUT2D eigenvalue weighted by Gasteiger charge is -2.08. The minimum Gasteiger partial charge on any atom is -0.506 e. The van der Waals surface area contributed by atoms with Crippen LogP contribution in [-0.2, 0) is 0 Å². The van der Waals surface area contributed by atoms with Crippen molar-refractivity contribution in [1.82, 2.24) is 0 Å². The molecule has 2 N–H and O–H groups in total. The number of hydrogen-bond acceptors (Lipinski definition) is 2. The number of phenols is 1. The number of aryl methyl sites for hydroxylation is 1. The molecular formula is C14H12FNO2. The predicted molar refractivity (Wildman–Crippen MR) is 67.2 cm³/mol. The fourth-order valence-corrected chi connectivity index (χ4v) is 1.59. The molecule has 2 rings (SSSR count). The smallest absolute Gasteiger partial charge is 0.258 e. The summed E-state index contributed by atoms with van der Waals surface area (Å²) in [6, 6.07) is 10.9. The van der Waals surface area contributed by atoms with Crippen LogP contribution in [0.25, 0.3) is 0 Å². The van der Waals surface area contributed by atoms with Crippen molar-refractivity contribution >= 4 is 11.6 Å². The van der Waals surface area contributed by atoms with Gasteiger partial charge in [0.05, 0.1) is 11.3 Å². The van der Waals surface area contributed by atoms with Gasteiger partial charge in [-0.25, -0.2) is 4.39 Å². The average molecular weight is 245 g/mol. The van der Waals surface area contributed by atoms with E-state index in [9.17, 15) is 14.3 Å². The summed E-state index contributed by atoms with van der Waals surface area (Å²) in [7, 11) is 0. The highest BCUT2D eigenvalue weighted by molar-refractivity contribution is 6.05. The first-order chi connectivity index (χ1) is 8.59. The Hall–Kier alpha value is -2.36. The van der Waals surface area contributed by atoms with Crippen molar-refractivity contribution in [2.24, 2.45) is 0 Å². The molecule has 4 heteroatoms. The number of amides is 1. The molecule has 0 aromatic heterocycles. The van der Waals surface area contributed by atoms with Crippen LogP contribution in [0.3, 0.4) is 0 Å². The SMILES string of the molecule is Cc1cccc(C(=O)Nc2ccccc2O)c1F. The van der Waals surface area contributed by atoms with E-state index in [1.807, 2.05) is 0 Å². The standard InChI is InChI=1S/C14H12FNO2/c1-9-5-4-6-10(13(9)15)14(18)16-11-7-2-3-8-12(11)17/h2-8,17H,1H3,(H,16,18). The number of carbonyl (C=O) groups is 1. The van der Waals surface area contributed by atoms with E-state index in [1.165, 1.54) is 12.1 Å². The van der Waals surface area contributed by atoms with Gasteiger partial charge in [-0.05, 0) is 30.7 Å². The lowest BCUT2D eigenvalue weighted by molar-refractivity contribution is 0.102. The normalized spacial score (nSPS) is 10.1. The molecule has 0 unspecified atom stereocenters. The van der Waals surface area contributed by atoms with Gasteiger partial charge in [-0.15, -0.1) is 0 Å². The Kier molecular flexibility index (Phi) is 3.28. The maximum absolute atomic E-state index is 13.7. The third kappa shape index (κ3) is 2.32. The topological polar surface area (TPSA) is 49.3 Å². The number of rotatable bonds is 2. The van der Waals surface area contributed by atoms with Crippen molar-refractivity contribution in [2.45, 2.75) is 6.92 Å². The molecule has 0 fully saturated rings. The van der Waals surface area contributed by atoms with E-state index in [0.29, 0.717) is 5.56 Å². The molecule has 0 atom stereocenters. The van der Waals surface area contributed by atoms with Crippen LogP contribution in [0.4, 0.5) is 10.1 Å². The Morgan fingerprint density at radius 2 is 1.89 bits per heavy atom. The molecule has 18 heavy (non-hydrogen) atoms. The van der Waals surface area contributed by atoms with E-state index in [1.54, 1.807) is 37.3 Å². The number of halogens is 1. The van der Waals surface area contributed by atoms with Gasteiger partial charge in [0.2, 0.25) is 0 Å². The Labute approximate surface area is 104 Å². The molecule has 0 bridgehead atoms. The minimum atomic E-state index is -0.585. The zero-order chi connectivity index (χ0) is 13.1. The van der Waals surface area contributed by atoms with Gasteiger partial charge in [-0.3, -0.25) is 4.79 Å². The highest BCUT2D eigenvalue weighted by Gasteiger charge is 2.14. The predicted octanol–water partition coefficient (Wildman–Crippen LogP) is 3.09. The number of carbonyl (C=O) groups excluding carboxylic acids is 1. The van der Waals surface area contributed by atoms with E-state index in [2.05, 4.69) is 5.32 Å². The monoisotopic (exact) mass is 245 g/mol. The van der Waals surface area contributed by atoms with Gasteiger partial charge in [0, 0.05) is 0 Å². The van der Waals surface area contributed by atoms with Crippen LogP contribution in [0, 0.1) is 12.7 Å². The number of hydrogen-bond donors (Lipinski definition) is 2. The molecule has 2 aromatic carbocycles. The van der Waals surface area contributed by atoms with Crippen molar-refractivity contribution in [2.75, 3.05) is 5.32 Å². The average Bonchev–Trinajstić information content (AvgIpc) is 2.35. The summed E-state index contributed by atoms with van der Waals surface area (Å²) in [5.74, 6) is -1.19. The third-order valence-electron chi connectivity index (χ3n) is 2.59. The van der Waals surface area contributed by atoms with Crippen molar-refractivity contribution < 1.29 is 14.3 Å². The summed E-state index contributed by atoms with van der Waals surface area (Å²) in [6.45, 7) is 1.59. The van der Waals surface area contributed by atoms with Gasteiger partial charge in [-0.2, -0.15) is 0 Å². The van der Waals surface area contributed by atoms with Crippen molar-refractivity contribution in [1.29, 1.82) is 0 Å². The van der Waals surface area contributed by atoms with E-state index < -0.39 is 11.7 Å². The summed E-state index contributed by atoms with van der Waals surface area (Å²) >= 11 is 0. The lowest BCUT2D eigenvalue weighted by atomic mass is 10.1. The lowest BCUT2D eigenvalue weighted by Crippen LogP contribution is -2.14. The van der Waals surface area contributed by atoms with Crippen LogP contribution in [0.1, 0.15) is 15.9 Å². The molecule has 0 aliphatic rings. The van der Waals surface area contributed by atoms with Crippen LogP contribution < -0.4 is 5.32 Å². The van der Waals surface area contributed by atoms with Crippen LogP contribution in [0.2, 0.25) is 0 Å². The van der Waals surface area contributed by atoms with Crippen LogP contribution >= 0.6 is 0 Å². The highest BCUT2D eigenvalue weighted by Crippen LogP contribution is 2.23. The van der Waals surface area contributed by atoms with Gasteiger partial charge in [-0.1, -0.05) is 24.3 Å². The molecule has 0 radical (unpaired) electrons. The summed E-state index contributed by atoms with van der Waals surface area (Å²) in [6.07, 6.45) is 0. The second kappa shape index (κ2) is 4.87. The van der Waals surface area contributed by atoms with Gasteiger partial charge < -0.3 is 10.4 Å². The second-order valence-corrected chi connectivity index (χ2v) is 3.91. The van der Waals surface area contributed by atoms with E-state index in [-0.39, 0.29) is 17.0 Å². The number of nitrogens with one attached hydrogen (secondary N) is 1. The van der Waals surface area contributed by atoms with E-state index in [0.717, 1.165) is 0 Å². The summed E-state index contributed by atoms with van der Waals surface area (Å²) in [4.78, 5) is 11.9. The van der Waals surface area contributed by atoms with Gasteiger partial charge in [0.1, 0.15) is 11.6 Å². The third-order valence-corrected chi connectivity index (χ3v) is 2.59. The quantitative estimate of drug-likeness (QED) is 0.799. The molecule has 3 nitrogen and oxygen atoms in total. The largest absolute Gasteiger partial charge is 0.506 e. The zero-order valence-electron chi connectivity index (χ0n) is 9.77. The van der Waals surface area contributed by atoms with Crippen LogP contribution in [0.15, 0.2) is 42.5 Å². The van der Waals surface area contributed by atoms with Crippen molar-refractivity contribution in [3.8, 4) is 5.75 Å². The molecule has 0 saturated heterocycles. The summed E-state index contributed by atoms with van der Waals surface area (Å²) in [5.41, 5.74) is 0.613. The second-order valence-electron chi connectivity index (χ2n) is 3.91. The molecular weight excluding hydrogens is 233 g/mol. The molecule has 0 saturated carbocycles. The van der Waals surface area contributed by atoms with Gasteiger partial charge >= 0.3 is 0 Å². The fraction of sp³-hybridized carbons (Fsp3) is 0.0714. The number of aromatic hydroxyl groups is 1. The summed E-state index contributed by atoms with van der Waals surface area (Å²) in [5, 5.41) is 12.0. The molecule has 0 heterocycles. The molecule has 2 aromatic rings. The zero-order valence-corrected chi connectivity index (χ0v) is 9.77. The number of para-hydroxylation sites is 2. The Morgan fingerprint density at radius 1 is 1.17 bits per heavy atom. The van der Waals surface area contributed by atoms with E-state index in [4.69, 9.17) is 0 Å². The number of anilines is 1. The number of benzene rings is 2. The highest BCUT2D eigenvalue weighted by atomic mass is 19.1. The maximum atomic E-state index is 13.7. The first-order valence-corrected chi connectivity index (χ1v) is 5.44. The first kappa shape index (κ1) is 12.1. The molecule has 0 spiro atoms. The molecule has 0 aliphatic carbocycles. The molecule has 92 valence electrons. The summed E-state index contributed by atoms with van der Waals surface area (Å²) < 4.78 is 13.7. The van der Waals surface area contributed by atoms with Crippen molar-refractivity contribution in [3.63, 3.8) is 0 Å².